The van der Waals surface area contributed by atoms with Gasteiger partial charge in [0.2, 0.25) is 0 Å². The summed E-state index contributed by atoms with van der Waals surface area (Å²) in [5.74, 6) is -2.05. The Morgan fingerprint density at radius 3 is 2.42 bits per heavy atom. The molecule has 0 spiro atoms. The summed E-state index contributed by atoms with van der Waals surface area (Å²) in [6, 6.07) is -0.865. The van der Waals surface area contributed by atoms with Crippen molar-refractivity contribution in [3.05, 3.63) is 0 Å². The first kappa shape index (κ1) is 11.2. The molecule has 0 saturated heterocycles. The van der Waals surface area contributed by atoms with Gasteiger partial charge in [0.1, 0.15) is 0 Å². The Bertz CT molecular complexity index is 159. The van der Waals surface area contributed by atoms with Crippen LogP contribution < -0.4 is 11.1 Å². The lowest BCUT2D eigenvalue weighted by atomic mass is 10.3. The molecule has 0 unspecified atom stereocenters. The minimum atomic E-state index is -4.89. The number of hydrogen-bond acceptors (Lipinski definition) is 3. The summed E-state index contributed by atoms with van der Waals surface area (Å²) in [7, 11) is 0. The van der Waals surface area contributed by atoms with Gasteiger partial charge in [-0.25, -0.2) is 0 Å². The maximum atomic E-state index is 11.5. The van der Waals surface area contributed by atoms with Gasteiger partial charge in [-0.1, -0.05) is 0 Å². The van der Waals surface area contributed by atoms with Gasteiger partial charge in [0.15, 0.2) is 0 Å². The van der Waals surface area contributed by atoms with E-state index in [0.29, 0.717) is 0 Å². The third-order valence-electron chi connectivity index (χ3n) is 1.02. The highest BCUT2D eigenvalue weighted by atomic mass is 19.4. The van der Waals surface area contributed by atoms with Crippen LogP contribution in [0.15, 0.2) is 0 Å². The summed E-state index contributed by atoms with van der Waals surface area (Å²) < 4.78 is 34.5. The van der Waals surface area contributed by atoms with Gasteiger partial charge in [-0.15, -0.1) is 0 Å². The monoisotopic (exact) mass is 186 g/mol. The summed E-state index contributed by atoms with van der Waals surface area (Å²) in [6.07, 6.45) is -4.89. The highest BCUT2D eigenvalue weighted by Crippen LogP contribution is 2.13. The molecule has 0 saturated carbocycles. The summed E-state index contributed by atoms with van der Waals surface area (Å²) >= 11 is 0. The Hall–Kier alpha value is -0.820. The summed E-state index contributed by atoms with van der Waals surface area (Å²) in [6.45, 7) is -0.868. The van der Waals surface area contributed by atoms with E-state index in [2.05, 4.69) is 0 Å². The highest BCUT2D eigenvalue weighted by Gasteiger charge is 2.38. The number of rotatable bonds is 3. The van der Waals surface area contributed by atoms with Crippen LogP contribution in [0.25, 0.3) is 0 Å². The zero-order valence-electron chi connectivity index (χ0n) is 6.06. The van der Waals surface area contributed by atoms with Crippen LogP contribution in [0.2, 0.25) is 0 Å². The van der Waals surface area contributed by atoms with Crippen LogP contribution in [0, 0.1) is 0 Å². The fraction of sp³-hybridized carbons (Fsp3) is 0.800. The number of amides is 1. The van der Waals surface area contributed by atoms with Gasteiger partial charge in [-0.05, 0) is 0 Å². The molecule has 0 aliphatic rings. The fourth-order valence-corrected chi connectivity index (χ4v) is 0.389. The quantitative estimate of drug-likeness (QED) is 0.528. The first-order chi connectivity index (χ1) is 5.38. The van der Waals surface area contributed by atoms with Crippen molar-refractivity contribution in [1.82, 2.24) is 5.32 Å². The van der Waals surface area contributed by atoms with Gasteiger partial charge in [0, 0.05) is 12.6 Å². The molecule has 1 atom stereocenters. The second-order valence-corrected chi connectivity index (χ2v) is 2.15. The molecule has 0 aromatic carbocycles. The summed E-state index contributed by atoms with van der Waals surface area (Å²) in [5, 5.41) is 9.82. The van der Waals surface area contributed by atoms with E-state index in [1.165, 1.54) is 5.32 Å². The standard InChI is InChI=1S/C5H9F3N2O2/c6-5(7,8)4(12)10-1-3(9)2-11/h3,11H,1-2,9H2,(H,10,12)/t3-/m0/s1. The molecule has 0 radical (unpaired) electrons. The molecule has 0 bridgehead atoms. The van der Waals surface area contributed by atoms with Crippen LogP contribution in [0.1, 0.15) is 0 Å². The number of alkyl halides is 3. The van der Waals surface area contributed by atoms with Gasteiger partial charge < -0.3 is 16.2 Å². The predicted octanol–water partition coefficient (Wildman–Crippen LogP) is -1.02. The second kappa shape index (κ2) is 4.27. The number of hydrogen-bond donors (Lipinski definition) is 3. The van der Waals surface area contributed by atoms with Gasteiger partial charge in [-0.2, -0.15) is 13.2 Å². The molecular weight excluding hydrogens is 177 g/mol. The molecule has 12 heavy (non-hydrogen) atoms. The molecule has 0 aromatic heterocycles. The largest absolute Gasteiger partial charge is 0.471 e. The molecule has 0 fully saturated rings. The van der Waals surface area contributed by atoms with Crippen molar-refractivity contribution in [2.75, 3.05) is 13.2 Å². The average Bonchev–Trinajstić information content (AvgIpc) is 1.97. The van der Waals surface area contributed by atoms with Crippen molar-refractivity contribution in [1.29, 1.82) is 0 Å². The Morgan fingerprint density at radius 1 is 1.58 bits per heavy atom. The first-order valence-corrected chi connectivity index (χ1v) is 3.09. The van der Waals surface area contributed by atoms with Crippen molar-refractivity contribution in [3.63, 3.8) is 0 Å². The molecule has 0 heterocycles. The number of aliphatic hydroxyl groups is 1. The van der Waals surface area contributed by atoms with E-state index in [0.717, 1.165) is 0 Å². The number of carbonyl (C=O) groups is 1. The zero-order valence-corrected chi connectivity index (χ0v) is 6.06. The molecule has 0 aliphatic carbocycles. The lowest BCUT2D eigenvalue weighted by Gasteiger charge is -2.10. The van der Waals surface area contributed by atoms with E-state index in [-0.39, 0.29) is 0 Å². The smallest absolute Gasteiger partial charge is 0.395 e. The molecule has 4 N–H and O–H groups in total. The van der Waals surface area contributed by atoms with Gasteiger partial charge in [-0.3, -0.25) is 4.79 Å². The molecule has 0 rings (SSSR count). The summed E-state index contributed by atoms with van der Waals surface area (Å²) in [5.41, 5.74) is 5.03. The maximum absolute atomic E-state index is 11.5. The Balaban J connectivity index is 3.73. The molecule has 1 amide bonds. The fourth-order valence-electron chi connectivity index (χ4n) is 0.389. The van der Waals surface area contributed by atoms with Gasteiger partial charge >= 0.3 is 12.1 Å². The van der Waals surface area contributed by atoms with Gasteiger partial charge in [0.25, 0.3) is 0 Å². The number of carbonyl (C=O) groups excluding carboxylic acids is 1. The SMILES string of the molecule is N[C@H](CO)CNC(=O)C(F)(F)F. The predicted molar refractivity (Wildman–Crippen MR) is 34.1 cm³/mol. The maximum Gasteiger partial charge on any atom is 0.471 e. The highest BCUT2D eigenvalue weighted by molar-refractivity contribution is 5.81. The van der Waals surface area contributed by atoms with E-state index in [1.54, 1.807) is 0 Å². The van der Waals surface area contributed by atoms with Crippen LogP contribution in [-0.4, -0.2) is 36.4 Å². The Morgan fingerprint density at radius 2 is 2.08 bits per heavy atom. The number of nitrogens with two attached hydrogens (primary N) is 1. The van der Waals surface area contributed by atoms with Crippen LogP contribution in [0.5, 0.6) is 0 Å². The first-order valence-electron chi connectivity index (χ1n) is 3.09. The molecular formula is C5H9F3N2O2. The lowest BCUT2D eigenvalue weighted by molar-refractivity contribution is -0.173. The molecule has 0 aliphatic heterocycles. The third kappa shape index (κ3) is 4.14. The lowest BCUT2D eigenvalue weighted by Crippen LogP contribution is -2.44. The minimum absolute atomic E-state index is 0.394. The van der Waals surface area contributed by atoms with E-state index in [1.807, 2.05) is 0 Å². The van der Waals surface area contributed by atoms with Crippen LogP contribution in [0.3, 0.4) is 0 Å². The van der Waals surface area contributed by atoms with E-state index < -0.39 is 31.3 Å². The van der Waals surface area contributed by atoms with E-state index in [9.17, 15) is 18.0 Å². The van der Waals surface area contributed by atoms with E-state index in [4.69, 9.17) is 10.8 Å². The average molecular weight is 186 g/mol. The van der Waals surface area contributed by atoms with Crippen LogP contribution >= 0.6 is 0 Å². The molecule has 4 nitrogen and oxygen atoms in total. The van der Waals surface area contributed by atoms with Crippen molar-refractivity contribution < 1.29 is 23.1 Å². The zero-order chi connectivity index (χ0) is 9.78. The normalized spacial score (nSPS) is 14.1. The molecule has 0 aromatic rings. The number of halogens is 3. The molecule has 7 heteroatoms. The summed E-state index contributed by atoms with van der Waals surface area (Å²) in [4.78, 5) is 10.1. The topological polar surface area (TPSA) is 75.3 Å². The van der Waals surface area contributed by atoms with Gasteiger partial charge in [0.05, 0.1) is 6.61 Å². The van der Waals surface area contributed by atoms with E-state index >= 15 is 0 Å². The van der Waals surface area contributed by atoms with Crippen LogP contribution in [-0.2, 0) is 4.79 Å². The third-order valence-corrected chi connectivity index (χ3v) is 1.02. The number of aliphatic hydroxyl groups excluding tert-OH is 1. The van der Waals surface area contributed by atoms with Crippen molar-refractivity contribution in [2.45, 2.75) is 12.2 Å². The van der Waals surface area contributed by atoms with Crippen molar-refractivity contribution in [2.24, 2.45) is 5.73 Å². The minimum Gasteiger partial charge on any atom is -0.395 e. The van der Waals surface area contributed by atoms with Crippen molar-refractivity contribution >= 4 is 5.91 Å². The Kier molecular flexibility index (Phi) is 3.98. The Labute approximate surface area is 66.5 Å². The van der Waals surface area contributed by atoms with Crippen LogP contribution in [0.4, 0.5) is 13.2 Å². The molecule has 72 valence electrons. The number of nitrogens with one attached hydrogen (secondary N) is 1. The second-order valence-electron chi connectivity index (χ2n) is 2.15. The van der Waals surface area contributed by atoms with Crippen molar-refractivity contribution in [3.8, 4) is 0 Å².